The molecule has 1 aromatic carbocycles. The van der Waals surface area contributed by atoms with Gasteiger partial charge in [-0.2, -0.15) is 0 Å². The molecule has 0 radical (unpaired) electrons. The zero-order valence-corrected chi connectivity index (χ0v) is 15.4. The highest BCUT2D eigenvalue weighted by Crippen LogP contribution is 2.32. The molecular formula is C19H24N2O3S. The summed E-state index contributed by atoms with van der Waals surface area (Å²) in [5.74, 6) is 0. The van der Waals surface area contributed by atoms with Gasteiger partial charge in [0.15, 0.2) is 0 Å². The zero-order valence-electron chi connectivity index (χ0n) is 14.6. The van der Waals surface area contributed by atoms with Gasteiger partial charge in [-0.15, -0.1) is 0 Å². The third kappa shape index (κ3) is 4.08. The maximum atomic E-state index is 13.0. The molecular weight excluding hydrogens is 336 g/mol. The molecule has 1 heterocycles. The van der Waals surface area contributed by atoms with Crippen LogP contribution in [0.1, 0.15) is 38.2 Å². The van der Waals surface area contributed by atoms with Gasteiger partial charge in [0, 0.05) is 29.6 Å². The van der Waals surface area contributed by atoms with Gasteiger partial charge in [0.2, 0.25) is 10.0 Å². The Morgan fingerprint density at radius 2 is 1.92 bits per heavy atom. The Balaban J connectivity index is 1.92. The number of nitrogens with one attached hydrogen (secondary N) is 1. The van der Waals surface area contributed by atoms with Crippen molar-refractivity contribution in [3.63, 3.8) is 0 Å². The second-order valence-electron chi connectivity index (χ2n) is 7.08. The number of rotatable bonds is 4. The summed E-state index contributed by atoms with van der Waals surface area (Å²) < 4.78 is 28.9. The SMILES string of the molecule is Cc1cccc(S(=O)(=O)NC2CCC(C)(O)CC2)c1-c1cccnc1. The summed E-state index contributed by atoms with van der Waals surface area (Å²) >= 11 is 0. The molecule has 5 nitrogen and oxygen atoms in total. The Morgan fingerprint density at radius 3 is 2.56 bits per heavy atom. The summed E-state index contributed by atoms with van der Waals surface area (Å²) in [5.41, 5.74) is 1.67. The fourth-order valence-corrected chi connectivity index (χ4v) is 4.99. The van der Waals surface area contributed by atoms with Crippen molar-refractivity contribution in [2.75, 3.05) is 0 Å². The molecule has 0 amide bonds. The zero-order chi connectivity index (χ0) is 18.1. The smallest absolute Gasteiger partial charge is 0.241 e. The molecule has 1 aliphatic rings. The van der Waals surface area contributed by atoms with Crippen LogP contribution in [-0.4, -0.2) is 30.2 Å². The molecule has 0 saturated heterocycles. The number of benzene rings is 1. The Labute approximate surface area is 149 Å². The number of nitrogens with zero attached hydrogens (tertiary/aromatic N) is 1. The van der Waals surface area contributed by atoms with E-state index in [2.05, 4.69) is 9.71 Å². The van der Waals surface area contributed by atoms with Crippen LogP contribution in [0.15, 0.2) is 47.6 Å². The molecule has 2 N–H and O–H groups in total. The number of hydrogen-bond donors (Lipinski definition) is 2. The average molecular weight is 360 g/mol. The van der Waals surface area contributed by atoms with E-state index in [0.29, 0.717) is 31.2 Å². The fraction of sp³-hybridized carbons (Fsp3) is 0.421. The van der Waals surface area contributed by atoms with Crippen molar-refractivity contribution in [1.82, 2.24) is 9.71 Å². The van der Waals surface area contributed by atoms with Gasteiger partial charge in [-0.1, -0.05) is 18.2 Å². The minimum Gasteiger partial charge on any atom is -0.390 e. The lowest BCUT2D eigenvalue weighted by Gasteiger charge is -2.33. The average Bonchev–Trinajstić information content (AvgIpc) is 2.57. The van der Waals surface area contributed by atoms with Crippen LogP contribution >= 0.6 is 0 Å². The highest BCUT2D eigenvalue weighted by molar-refractivity contribution is 7.89. The first-order valence-electron chi connectivity index (χ1n) is 8.53. The fourth-order valence-electron chi connectivity index (χ4n) is 3.39. The molecule has 1 fully saturated rings. The van der Waals surface area contributed by atoms with Gasteiger partial charge in [0.1, 0.15) is 0 Å². The molecule has 1 aromatic heterocycles. The number of hydrogen-bond acceptors (Lipinski definition) is 4. The molecule has 3 rings (SSSR count). The van der Waals surface area contributed by atoms with Gasteiger partial charge in [-0.25, -0.2) is 13.1 Å². The van der Waals surface area contributed by atoms with Crippen LogP contribution in [0.3, 0.4) is 0 Å². The number of sulfonamides is 1. The summed E-state index contributed by atoms with van der Waals surface area (Å²) in [6.07, 6.45) is 5.83. The van der Waals surface area contributed by atoms with Crippen LogP contribution in [0, 0.1) is 6.92 Å². The predicted molar refractivity (Wildman–Crippen MR) is 97.6 cm³/mol. The van der Waals surface area contributed by atoms with Gasteiger partial charge in [-0.05, 0) is 57.2 Å². The second-order valence-corrected chi connectivity index (χ2v) is 8.76. The van der Waals surface area contributed by atoms with Crippen molar-refractivity contribution in [2.24, 2.45) is 0 Å². The monoisotopic (exact) mass is 360 g/mol. The van der Waals surface area contributed by atoms with Crippen LogP contribution in [0.25, 0.3) is 11.1 Å². The van der Waals surface area contributed by atoms with Crippen LogP contribution in [0.4, 0.5) is 0 Å². The summed E-state index contributed by atoms with van der Waals surface area (Å²) in [6.45, 7) is 3.71. The molecule has 134 valence electrons. The topological polar surface area (TPSA) is 79.3 Å². The Kier molecular flexibility index (Phi) is 4.95. The quantitative estimate of drug-likeness (QED) is 0.878. The lowest BCUT2D eigenvalue weighted by atomic mass is 9.84. The van der Waals surface area contributed by atoms with Gasteiger partial charge in [0.25, 0.3) is 0 Å². The van der Waals surface area contributed by atoms with Crippen molar-refractivity contribution < 1.29 is 13.5 Å². The third-order valence-corrected chi connectivity index (χ3v) is 6.42. The van der Waals surface area contributed by atoms with Crippen LogP contribution < -0.4 is 4.72 Å². The molecule has 1 aliphatic carbocycles. The number of aromatic nitrogens is 1. The van der Waals surface area contributed by atoms with Crippen LogP contribution in [0.2, 0.25) is 0 Å². The van der Waals surface area contributed by atoms with Crippen molar-refractivity contribution >= 4 is 10.0 Å². The highest BCUT2D eigenvalue weighted by atomic mass is 32.2. The van der Waals surface area contributed by atoms with E-state index in [1.54, 1.807) is 37.5 Å². The molecule has 2 aromatic rings. The van der Waals surface area contributed by atoms with E-state index in [9.17, 15) is 13.5 Å². The Hall–Kier alpha value is -1.76. The maximum Gasteiger partial charge on any atom is 0.241 e. The lowest BCUT2D eigenvalue weighted by Crippen LogP contribution is -2.42. The number of aryl methyl sites for hydroxylation is 1. The molecule has 0 spiro atoms. The number of aliphatic hydroxyl groups is 1. The normalized spacial score (nSPS) is 24.2. The molecule has 0 bridgehead atoms. The van der Waals surface area contributed by atoms with E-state index in [-0.39, 0.29) is 10.9 Å². The molecule has 0 unspecified atom stereocenters. The van der Waals surface area contributed by atoms with Crippen LogP contribution in [0.5, 0.6) is 0 Å². The maximum absolute atomic E-state index is 13.0. The summed E-state index contributed by atoms with van der Waals surface area (Å²) in [6, 6.07) is 8.82. The standard InChI is InChI=1S/C19H24N2O3S/c1-14-5-3-7-17(18(14)15-6-4-12-20-13-15)25(23,24)21-16-8-10-19(2,22)11-9-16/h3-7,12-13,16,21-22H,8-11H2,1-2H3. The molecule has 25 heavy (non-hydrogen) atoms. The minimum atomic E-state index is -3.66. The van der Waals surface area contributed by atoms with Crippen molar-refractivity contribution in [3.05, 3.63) is 48.3 Å². The van der Waals surface area contributed by atoms with E-state index >= 15 is 0 Å². The lowest BCUT2D eigenvalue weighted by molar-refractivity contribution is 0.0163. The van der Waals surface area contributed by atoms with Gasteiger partial charge < -0.3 is 5.11 Å². The van der Waals surface area contributed by atoms with Crippen molar-refractivity contribution in [1.29, 1.82) is 0 Å². The minimum absolute atomic E-state index is 0.146. The van der Waals surface area contributed by atoms with Gasteiger partial charge >= 0.3 is 0 Å². The predicted octanol–water partition coefficient (Wildman–Crippen LogP) is 3.03. The Morgan fingerprint density at radius 1 is 1.20 bits per heavy atom. The summed E-state index contributed by atoms with van der Waals surface area (Å²) in [7, 11) is -3.66. The van der Waals surface area contributed by atoms with E-state index < -0.39 is 15.6 Å². The highest BCUT2D eigenvalue weighted by Gasteiger charge is 2.32. The largest absolute Gasteiger partial charge is 0.390 e. The van der Waals surface area contributed by atoms with Gasteiger partial charge in [-0.3, -0.25) is 4.98 Å². The third-order valence-electron chi connectivity index (χ3n) is 4.86. The van der Waals surface area contributed by atoms with E-state index in [1.807, 2.05) is 19.1 Å². The van der Waals surface area contributed by atoms with Crippen molar-refractivity contribution in [3.8, 4) is 11.1 Å². The first-order chi connectivity index (χ1) is 11.8. The van der Waals surface area contributed by atoms with E-state index in [1.165, 1.54) is 0 Å². The molecule has 1 saturated carbocycles. The first kappa shape index (κ1) is 18.0. The van der Waals surface area contributed by atoms with E-state index in [0.717, 1.165) is 11.1 Å². The molecule has 6 heteroatoms. The van der Waals surface area contributed by atoms with Gasteiger partial charge in [0.05, 0.1) is 10.5 Å². The second kappa shape index (κ2) is 6.86. The molecule has 0 atom stereocenters. The number of pyridine rings is 1. The van der Waals surface area contributed by atoms with Crippen molar-refractivity contribution in [2.45, 2.75) is 56.1 Å². The Bertz CT molecular complexity index is 838. The first-order valence-corrected chi connectivity index (χ1v) is 10.0. The van der Waals surface area contributed by atoms with E-state index in [4.69, 9.17) is 0 Å². The summed E-state index contributed by atoms with van der Waals surface area (Å²) in [5, 5.41) is 10.1. The summed E-state index contributed by atoms with van der Waals surface area (Å²) in [4.78, 5) is 4.39. The molecule has 0 aliphatic heterocycles. The van der Waals surface area contributed by atoms with Crippen LogP contribution in [-0.2, 0) is 10.0 Å².